The minimum absolute atomic E-state index is 0.0908. The maximum atomic E-state index is 13.9. The summed E-state index contributed by atoms with van der Waals surface area (Å²) in [5.41, 5.74) is -1.90. The van der Waals surface area contributed by atoms with Crippen LogP contribution in [0.15, 0.2) is 29.3 Å². The first kappa shape index (κ1) is 17.5. The fourth-order valence-electron chi connectivity index (χ4n) is 1.75. The quantitative estimate of drug-likeness (QED) is 0.274. The van der Waals surface area contributed by atoms with Crippen molar-refractivity contribution in [1.82, 2.24) is 0 Å². The predicted octanol–water partition coefficient (Wildman–Crippen LogP) is 4.22. The zero-order chi connectivity index (χ0) is 18.0. The summed E-state index contributed by atoms with van der Waals surface area (Å²) in [7, 11) is 1.14. The van der Waals surface area contributed by atoms with Crippen LogP contribution in [0.5, 0.6) is 0 Å². The van der Waals surface area contributed by atoms with Gasteiger partial charge in [0.2, 0.25) is 11.8 Å². The van der Waals surface area contributed by atoms with Crippen molar-refractivity contribution in [2.75, 3.05) is 7.11 Å². The third kappa shape index (κ3) is 3.10. The molecule has 0 heterocycles. The molecule has 0 atom stereocenters. The van der Waals surface area contributed by atoms with Gasteiger partial charge in [-0.2, -0.15) is 4.39 Å². The second-order valence-electron chi connectivity index (χ2n) is 4.39. The van der Waals surface area contributed by atoms with Crippen molar-refractivity contribution in [1.29, 1.82) is 0 Å². The second kappa shape index (κ2) is 6.73. The number of ether oxygens (including phenoxy) is 1. The number of methoxy groups -OCH3 is 1. The number of halogens is 6. The normalized spacial score (nSPS) is 11.5. The van der Waals surface area contributed by atoms with E-state index in [1.807, 2.05) is 0 Å². The van der Waals surface area contributed by atoms with Crippen LogP contribution < -0.4 is 0 Å². The minimum atomic E-state index is -2.40. The van der Waals surface area contributed by atoms with Gasteiger partial charge in [-0.3, -0.25) is 0 Å². The van der Waals surface area contributed by atoms with Crippen LogP contribution in [-0.4, -0.2) is 19.0 Å². The summed E-state index contributed by atoms with van der Waals surface area (Å²) in [6, 6.07) is 4.54. The Bertz CT molecular complexity index is 804. The van der Waals surface area contributed by atoms with Crippen LogP contribution >= 0.6 is 0 Å². The standard InChI is InChI=1S/C15H7F6NO2/c1-24-15(23)6-2-4-7(5-3-6)22-14(21)8-9(16)11(18)13(20)12(19)10(8)17/h2-5H,1H3. The number of aliphatic imine (C=N–C) groups is 1. The zero-order valence-corrected chi connectivity index (χ0v) is 11.8. The van der Waals surface area contributed by atoms with E-state index in [0.717, 1.165) is 19.2 Å². The third-order valence-electron chi connectivity index (χ3n) is 2.93. The Labute approximate surface area is 131 Å². The van der Waals surface area contributed by atoms with Crippen molar-refractivity contribution in [3.05, 3.63) is 64.5 Å². The van der Waals surface area contributed by atoms with E-state index < -0.39 is 46.6 Å². The molecule has 2 rings (SSSR count). The van der Waals surface area contributed by atoms with E-state index >= 15 is 0 Å². The summed E-state index contributed by atoms with van der Waals surface area (Å²) in [6.07, 6.45) is 0. The number of hydrogen-bond acceptors (Lipinski definition) is 3. The topological polar surface area (TPSA) is 38.7 Å². The molecular formula is C15H7F6NO2. The van der Waals surface area contributed by atoms with Crippen molar-refractivity contribution in [2.24, 2.45) is 4.99 Å². The molecule has 0 aliphatic rings. The average molecular weight is 347 g/mol. The molecule has 24 heavy (non-hydrogen) atoms. The lowest BCUT2D eigenvalue weighted by Gasteiger charge is -2.06. The highest BCUT2D eigenvalue weighted by atomic mass is 19.2. The molecule has 0 amide bonds. The molecule has 0 aromatic heterocycles. The largest absolute Gasteiger partial charge is 0.465 e. The molecule has 2 aromatic rings. The maximum Gasteiger partial charge on any atom is 0.337 e. The van der Waals surface area contributed by atoms with Crippen LogP contribution in [0.1, 0.15) is 15.9 Å². The lowest BCUT2D eigenvalue weighted by Crippen LogP contribution is -2.10. The van der Waals surface area contributed by atoms with Gasteiger partial charge in [0.15, 0.2) is 23.3 Å². The van der Waals surface area contributed by atoms with Gasteiger partial charge >= 0.3 is 5.97 Å². The van der Waals surface area contributed by atoms with E-state index in [0.29, 0.717) is 0 Å². The van der Waals surface area contributed by atoms with Crippen molar-refractivity contribution >= 4 is 17.6 Å². The van der Waals surface area contributed by atoms with Gasteiger partial charge < -0.3 is 4.74 Å². The Morgan fingerprint density at radius 1 is 0.875 bits per heavy atom. The number of carbonyl (C=O) groups is 1. The average Bonchev–Trinajstić information content (AvgIpc) is 2.58. The Morgan fingerprint density at radius 2 is 1.33 bits per heavy atom. The number of benzene rings is 2. The summed E-state index contributed by atoms with van der Waals surface area (Å²) in [5.74, 6) is -14.2. The van der Waals surface area contributed by atoms with Crippen LogP contribution in [0.2, 0.25) is 0 Å². The maximum absolute atomic E-state index is 13.9. The van der Waals surface area contributed by atoms with Gasteiger partial charge in [-0.25, -0.2) is 31.7 Å². The minimum Gasteiger partial charge on any atom is -0.465 e. The summed E-state index contributed by atoms with van der Waals surface area (Å²) < 4.78 is 84.3. The Morgan fingerprint density at radius 3 is 1.79 bits per heavy atom. The van der Waals surface area contributed by atoms with Crippen LogP contribution in [0.3, 0.4) is 0 Å². The van der Waals surface area contributed by atoms with Crippen molar-refractivity contribution in [3.8, 4) is 0 Å². The van der Waals surface area contributed by atoms with Crippen LogP contribution in [0, 0.1) is 29.1 Å². The first-order valence-corrected chi connectivity index (χ1v) is 6.22. The summed E-state index contributed by atoms with van der Waals surface area (Å²) in [5, 5.41) is 0. The first-order chi connectivity index (χ1) is 11.3. The fourth-order valence-corrected chi connectivity index (χ4v) is 1.75. The molecule has 0 spiro atoms. The van der Waals surface area contributed by atoms with E-state index in [9.17, 15) is 31.1 Å². The van der Waals surface area contributed by atoms with E-state index in [2.05, 4.69) is 9.73 Å². The summed E-state index contributed by atoms with van der Waals surface area (Å²) in [4.78, 5) is 14.4. The molecule has 0 aliphatic carbocycles. The van der Waals surface area contributed by atoms with Gasteiger partial charge in [0.05, 0.1) is 18.4 Å². The molecule has 9 heteroatoms. The van der Waals surface area contributed by atoms with Crippen LogP contribution in [0.25, 0.3) is 0 Å². The molecule has 3 nitrogen and oxygen atoms in total. The smallest absolute Gasteiger partial charge is 0.337 e. The fraction of sp³-hybridized carbons (Fsp3) is 0.0667. The zero-order valence-electron chi connectivity index (χ0n) is 11.8. The lowest BCUT2D eigenvalue weighted by molar-refractivity contribution is 0.0601. The van der Waals surface area contributed by atoms with E-state index in [1.165, 1.54) is 12.1 Å². The Kier molecular flexibility index (Phi) is 4.91. The SMILES string of the molecule is COC(=O)c1ccc(N=C(F)c2c(F)c(F)c(F)c(F)c2F)cc1. The first-order valence-electron chi connectivity index (χ1n) is 6.22. The van der Waals surface area contributed by atoms with Gasteiger partial charge in [0.25, 0.3) is 0 Å². The Balaban J connectivity index is 2.47. The number of esters is 1. The van der Waals surface area contributed by atoms with Gasteiger partial charge in [-0.1, -0.05) is 0 Å². The number of carbonyl (C=O) groups excluding carboxylic acids is 1. The summed E-state index contributed by atoms with van der Waals surface area (Å²) >= 11 is 0. The molecule has 0 bridgehead atoms. The molecular weight excluding hydrogens is 340 g/mol. The lowest BCUT2D eigenvalue weighted by atomic mass is 10.1. The van der Waals surface area contributed by atoms with Crippen molar-refractivity contribution in [2.45, 2.75) is 0 Å². The molecule has 2 aromatic carbocycles. The van der Waals surface area contributed by atoms with Crippen LogP contribution in [-0.2, 0) is 4.74 Å². The third-order valence-corrected chi connectivity index (χ3v) is 2.93. The van der Waals surface area contributed by atoms with Crippen molar-refractivity contribution < 1.29 is 35.9 Å². The molecule has 126 valence electrons. The van der Waals surface area contributed by atoms with Crippen LogP contribution in [0.4, 0.5) is 32.0 Å². The van der Waals surface area contributed by atoms with E-state index in [1.54, 1.807) is 0 Å². The molecule has 0 aliphatic heterocycles. The molecule has 0 N–H and O–H groups in total. The predicted molar refractivity (Wildman–Crippen MR) is 71.3 cm³/mol. The van der Waals surface area contributed by atoms with Crippen molar-refractivity contribution in [3.63, 3.8) is 0 Å². The van der Waals surface area contributed by atoms with Gasteiger partial charge in [-0.05, 0) is 24.3 Å². The highest BCUT2D eigenvalue weighted by Crippen LogP contribution is 2.25. The monoisotopic (exact) mass is 347 g/mol. The number of rotatable bonds is 3. The molecule has 0 saturated heterocycles. The highest BCUT2D eigenvalue weighted by Gasteiger charge is 2.28. The Hall–Kier alpha value is -2.84. The molecule has 0 fully saturated rings. The molecule has 0 saturated carbocycles. The second-order valence-corrected chi connectivity index (χ2v) is 4.39. The number of hydrogen-bond donors (Lipinski definition) is 0. The number of nitrogens with zero attached hydrogens (tertiary/aromatic N) is 1. The molecule has 0 unspecified atom stereocenters. The van der Waals surface area contributed by atoms with E-state index in [4.69, 9.17) is 0 Å². The summed E-state index contributed by atoms with van der Waals surface area (Å²) in [6.45, 7) is 0. The van der Waals surface area contributed by atoms with E-state index in [-0.39, 0.29) is 11.3 Å². The van der Waals surface area contributed by atoms with Gasteiger partial charge in [-0.15, -0.1) is 0 Å². The molecule has 0 radical (unpaired) electrons. The van der Waals surface area contributed by atoms with Gasteiger partial charge in [0.1, 0.15) is 5.56 Å². The van der Waals surface area contributed by atoms with Gasteiger partial charge in [0, 0.05) is 0 Å². The highest BCUT2D eigenvalue weighted by molar-refractivity contribution is 5.96.